The molecule has 0 saturated carbocycles. The number of carboxylic acids is 1. The number of carbonyl (C=O) groups is 3. The number of hydrogen-bond donors (Lipinski definition) is 3. The van der Waals surface area contributed by atoms with Crippen LogP contribution < -0.4 is 10.6 Å². The maximum atomic E-state index is 13.1. The highest BCUT2D eigenvalue weighted by Gasteiger charge is 2.31. The average molecular weight is 545 g/mol. The lowest BCUT2D eigenvalue weighted by Crippen LogP contribution is -2.51. The van der Waals surface area contributed by atoms with Gasteiger partial charge in [0.25, 0.3) is 0 Å². The van der Waals surface area contributed by atoms with Crippen molar-refractivity contribution < 1.29 is 29.0 Å². The number of carboxylic acid groups (broad SMARTS) is 1. The third-order valence-corrected chi connectivity index (χ3v) is 7.23. The Balaban J connectivity index is 1.30. The number of ether oxygens (including phenoxy) is 2. The van der Waals surface area contributed by atoms with E-state index < -0.39 is 36.0 Å². The molecule has 0 aliphatic heterocycles. The fourth-order valence-electron chi connectivity index (χ4n) is 5.08. The van der Waals surface area contributed by atoms with Crippen LogP contribution in [0, 0.1) is 5.92 Å². The van der Waals surface area contributed by atoms with Gasteiger partial charge in [0.2, 0.25) is 5.91 Å². The number of amides is 2. The van der Waals surface area contributed by atoms with Crippen molar-refractivity contribution in [2.75, 3.05) is 13.2 Å². The monoisotopic (exact) mass is 544 g/mol. The molecule has 1 unspecified atom stereocenters. The topological polar surface area (TPSA) is 114 Å². The number of nitrogens with one attached hydrogen (secondary N) is 2. The highest BCUT2D eigenvalue weighted by Crippen LogP contribution is 2.44. The zero-order chi connectivity index (χ0) is 28.5. The second-order valence-electron chi connectivity index (χ2n) is 10.0. The van der Waals surface area contributed by atoms with Crippen molar-refractivity contribution in [2.24, 2.45) is 5.92 Å². The Bertz CT molecular complexity index is 1270. The van der Waals surface area contributed by atoms with Crippen LogP contribution in [0.15, 0.2) is 78.9 Å². The predicted molar refractivity (Wildman–Crippen MR) is 152 cm³/mol. The quantitative estimate of drug-likeness (QED) is 0.275. The largest absolute Gasteiger partial charge is 0.480 e. The van der Waals surface area contributed by atoms with Crippen molar-refractivity contribution in [2.45, 2.75) is 51.4 Å². The number of hydrogen-bond acceptors (Lipinski definition) is 5. The first-order valence-electron chi connectivity index (χ1n) is 13.7. The molecule has 0 aromatic heterocycles. The van der Waals surface area contributed by atoms with E-state index in [0.29, 0.717) is 12.8 Å². The zero-order valence-corrected chi connectivity index (χ0v) is 22.8. The molecule has 4 rings (SSSR count). The molecule has 3 aromatic rings. The number of fused-ring (bicyclic) bond motifs is 3. The fraction of sp³-hybridized carbons (Fsp3) is 0.344. The molecule has 1 aliphatic rings. The van der Waals surface area contributed by atoms with E-state index in [4.69, 9.17) is 9.47 Å². The lowest BCUT2D eigenvalue weighted by atomic mass is 9.98. The average Bonchev–Trinajstić information content (AvgIpc) is 3.29. The van der Waals surface area contributed by atoms with Crippen LogP contribution in [0.5, 0.6) is 0 Å². The van der Waals surface area contributed by atoms with E-state index in [2.05, 4.69) is 22.8 Å². The van der Waals surface area contributed by atoms with E-state index in [-0.39, 0.29) is 25.7 Å². The molecule has 0 saturated heterocycles. The van der Waals surface area contributed by atoms with E-state index in [1.165, 1.54) is 0 Å². The Morgan fingerprint density at radius 1 is 0.900 bits per heavy atom. The highest BCUT2D eigenvalue weighted by atomic mass is 16.5. The summed E-state index contributed by atoms with van der Waals surface area (Å²) in [4.78, 5) is 37.6. The smallest absolute Gasteiger partial charge is 0.407 e. The van der Waals surface area contributed by atoms with Crippen LogP contribution in [-0.4, -0.2) is 48.4 Å². The van der Waals surface area contributed by atoms with Gasteiger partial charge in [-0.15, -0.1) is 0 Å². The van der Waals surface area contributed by atoms with E-state index in [1.807, 2.05) is 73.7 Å². The number of rotatable bonds is 13. The molecule has 0 fully saturated rings. The first kappa shape index (κ1) is 28.8. The second-order valence-corrected chi connectivity index (χ2v) is 10.0. The summed E-state index contributed by atoms with van der Waals surface area (Å²) >= 11 is 0. The van der Waals surface area contributed by atoms with Gasteiger partial charge in [-0.25, -0.2) is 9.59 Å². The summed E-state index contributed by atoms with van der Waals surface area (Å²) in [5.41, 5.74) is 5.41. The molecule has 8 heteroatoms. The summed E-state index contributed by atoms with van der Waals surface area (Å²) in [6, 6.07) is 24.3. The third-order valence-electron chi connectivity index (χ3n) is 7.23. The number of alkyl carbamates (subject to hydrolysis) is 1. The van der Waals surface area contributed by atoms with Gasteiger partial charge in [-0.05, 0) is 41.2 Å². The van der Waals surface area contributed by atoms with Gasteiger partial charge >= 0.3 is 12.1 Å². The van der Waals surface area contributed by atoms with Crippen LogP contribution in [0.4, 0.5) is 4.79 Å². The van der Waals surface area contributed by atoms with Gasteiger partial charge in [-0.2, -0.15) is 0 Å². The molecule has 1 aliphatic carbocycles. The molecule has 40 heavy (non-hydrogen) atoms. The Labute approximate surface area is 234 Å². The molecular formula is C32H36N2O6. The van der Waals surface area contributed by atoms with Crippen molar-refractivity contribution in [1.29, 1.82) is 0 Å². The van der Waals surface area contributed by atoms with Crippen molar-refractivity contribution in [1.82, 2.24) is 10.6 Å². The van der Waals surface area contributed by atoms with Gasteiger partial charge < -0.3 is 25.2 Å². The maximum Gasteiger partial charge on any atom is 0.407 e. The molecule has 3 N–H and O–H groups in total. The van der Waals surface area contributed by atoms with Crippen LogP contribution >= 0.6 is 0 Å². The van der Waals surface area contributed by atoms with Crippen LogP contribution in [0.2, 0.25) is 0 Å². The fourth-order valence-corrected chi connectivity index (χ4v) is 5.08. The Kier molecular flexibility index (Phi) is 9.91. The molecule has 0 spiro atoms. The first-order chi connectivity index (χ1) is 19.4. The Morgan fingerprint density at radius 3 is 2.10 bits per heavy atom. The zero-order valence-electron chi connectivity index (χ0n) is 22.8. The van der Waals surface area contributed by atoms with Gasteiger partial charge in [-0.3, -0.25) is 4.79 Å². The van der Waals surface area contributed by atoms with Gasteiger partial charge in [-0.1, -0.05) is 92.2 Å². The summed E-state index contributed by atoms with van der Waals surface area (Å²) < 4.78 is 11.3. The van der Waals surface area contributed by atoms with E-state index in [0.717, 1.165) is 27.8 Å². The molecule has 0 radical (unpaired) electrons. The normalized spacial score (nSPS) is 14.3. The molecule has 8 nitrogen and oxygen atoms in total. The van der Waals surface area contributed by atoms with Gasteiger partial charge in [0, 0.05) is 12.5 Å². The van der Waals surface area contributed by atoms with Crippen LogP contribution in [0.3, 0.4) is 0 Å². The first-order valence-corrected chi connectivity index (χ1v) is 13.7. The van der Waals surface area contributed by atoms with Crippen LogP contribution in [0.1, 0.15) is 49.3 Å². The standard InChI is InChI=1S/C32H36N2O6/c1-3-11-23(30(35)34-29(31(36)37)21(2)39-19-22-12-5-4-6-13-22)18-33-32(38)40-20-28-26-16-9-7-14-24(26)25-15-8-10-17-27(25)28/h4-10,12-17,21,23,28-29H,3,11,18-20H2,1-2H3,(H,33,38)(H,34,35)(H,36,37)/t21-,23?,29+/m1/s1. The molecule has 3 aromatic carbocycles. The van der Waals surface area contributed by atoms with Crippen molar-refractivity contribution in [3.8, 4) is 11.1 Å². The predicted octanol–water partition coefficient (Wildman–Crippen LogP) is 5.12. The second kappa shape index (κ2) is 13.8. The summed E-state index contributed by atoms with van der Waals surface area (Å²) in [5, 5.41) is 15.1. The van der Waals surface area contributed by atoms with Crippen molar-refractivity contribution >= 4 is 18.0 Å². The lowest BCUT2D eigenvalue weighted by Gasteiger charge is -2.25. The molecule has 210 valence electrons. The Hall–Kier alpha value is -4.17. The van der Waals surface area contributed by atoms with Crippen molar-refractivity contribution in [3.63, 3.8) is 0 Å². The van der Waals surface area contributed by atoms with Crippen molar-refractivity contribution in [3.05, 3.63) is 95.6 Å². The summed E-state index contributed by atoms with van der Waals surface area (Å²) in [7, 11) is 0. The molecule has 3 atom stereocenters. The third kappa shape index (κ3) is 7.07. The maximum absolute atomic E-state index is 13.1. The minimum atomic E-state index is -1.23. The number of aliphatic carboxylic acids is 1. The van der Waals surface area contributed by atoms with E-state index in [1.54, 1.807) is 6.92 Å². The number of carbonyl (C=O) groups excluding carboxylic acids is 2. The van der Waals surface area contributed by atoms with Gasteiger partial charge in [0.1, 0.15) is 6.61 Å². The Morgan fingerprint density at radius 2 is 1.50 bits per heavy atom. The molecule has 0 heterocycles. The van der Waals surface area contributed by atoms with Gasteiger partial charge in [0.15, 0.2) is 6.04 Å². The number of benzene rings is 3. The van der Waals surface area contributed by atoms with E-state index in [9.17, 15) is 19.5 Å². The van der Waals surface area contributed by atoms with E-state index >= 15 is 0 Å². The molecular weight excluding hydrogens is 508 g/mol. The van der Waals surface area contributed by atoms with Crippen LogP contribution in [0.25, 0.3) is 11.1 Å². The minimum absolute atomic E-state index is 0.0297. The minimum Gasteiger partial charge on any atom is -0.480 e. The summed E-state index contributed by atoms with van der Waals surface area (Å²) in [6.45, 7) is 3.97. The van der Waals surface area contributed by atoms with Crippen LogP contribution in [-0.2, 0) is 25.7 Å². The van der Waals surface area contributed by atoms with Gasteiger partial charge in [0.05, 0.1) is 18.6 Å². The molecule has 2 amide bonds. The molecule has 0 bridgehead atoms. The summed E-state index contributed by atoms with van der Waals surface area (Å²) in [5.74, 6) is -2.33. The lowest BCUT2D eigenvalue weighted by molar-refractivity contribution is -0.147. The highest BCUT2D eigenvalue weighted by molar-refractivity contribution is 5.86. The summed E-state index contributed by atoms with van der Waals surface area (Å²) in [6.07, 6.45) is -0.229. The SMILES string of the molecule is CCCC(CNC(=O)OCC1c2ccccc2-c2ccccc21)C(=O)N[C@H](C(=O)O)[C@@H](C)OCc1ccccc1.